The van der Waals surface area contributed by atoms with E-state index in [9.17, 15) is 9.90 Å². The second-order valence-corrected chi connectivity index (χ2v) is 4.25. The summed E-state index contributed by atoms with van der Waals surface area (Å²) >= 11 is 0. The van der Waals surface area contributed by atoms with Crippen molar-refractivity contribution >= 4 is 11.0 Å². The monoisotopic (exact) mass is 232 g/mol. The molecule has 2 aromatic rings. The number of unbranched alkanes of at least 4 members (excludes halogenated alkanes) is 1. The van der Waals surface area contributed by atoms with E-state index in [-0.39, 0.29) is 11.4 Å². The van der Waals surface area contributed by atoms with Gasteiger partial charge in [0.1, 0.15) is 0 Å². The molecule has 1 N–H and O–H groups in total. The summed E-state index contributed by atoms with van der Waals surface area (Å²) in [7, 11) is 0. The molecule has 0 aliphatic carbocycles. The zero-order valence-electron chi connectivity index (χ0n) is 10.1. The molecular formula is C14H16O3. The van der Waals surface area contributed by atoms with E-state index >= 15 is 0 Å². The Kier molecular flexibility index (Phi) is 3.18. The highest BCUT2D eigenvalue weighted by Gasteiger charge is 2.12. The van der Waals surface area contributed by atoms with Crippen LogP contribution in [0.5, 0.6) is 5.75 Å². The largest absolute Gasteiger partial charge is 0.504 e. The fourth-order valence-corrected chi connectivity index (χ4v) is 2.04. The Balaban J connectivity index is 2.74. The molecule has 17 heavy (non-hydrogen) atoms. The number of phenols is 1. The third-order valence-corrected chi connectivity index (χ3v) is 3.05. The lowest BCUT2D eigenvalue weighted by Crippen LogP contribution is -2.08. The molecule has 0 unspecified atom stereocenters. The molecule has 0 saturated heterocycles. The molecule has 0 fully saturated rings. The van der Waals surface area contributed by atoms with E-state index in [0.717, 1.165) is 30.2 Å². The van der Waals surface area contributed by atoms with E-state index in [2.05, 4.69) is 6.92 Å². The van der Waals surface area contributed by atoms with Crippen molar-refractivity contribution in [1.82, 2.24) is 0 Å². The van der Waals surface area contributed by atoms with E-state index in [1.165, 1.54) is 6.07 Å². The van der Waals surface area contributed by atoms with Gasteiger partial charge in [0.2, 0.25) is 0 Å². The summed E-state index contributed by atoms with van der Waals surface area (Å²) in [5.41, 5.74) is 1.59. The van der Waals surface area contributed by atoms with Crippen LogP contribution in [0.3, 0.4) is 0 Å². The number of rotatable bonds is 3. The molecule has 3 nitrogen and oxygen atoms in total. The number of hydrogen-bond donors (Lipinski definition) is 1. The van der Waals surface area contributed by atoms with Crippen molar-refractivity contribution in [2.75, 3.05) is 0 Å². The minimum atomic E-state index is -0.356. The van der Waals surface area contributed by atoms with Crippen LogP contribution in [0.4, 0.5) is 0 Å². The first-order valence-corrected chi connectivity index (χ1v) is 5.89. The normalized spacial score (nSPS) is 10.9. The number of phenolic OH excluding ortho intramolecular Hbond substituents is 1. The molecule has 1 heterocycles. The molecule has 0 bridgehead atoms. The van der Waals surface area contributed by atoms with Gasteiger partial charge in [0.05, 0.1) is 0 Å². The summed E-state index contributed by atoms with van der Waals surface area (Å²) in [6.07, 6.45) is 2.93. The number of fused-ring (bicyclic) bond motifs is 1. The fourth-order valence-electron chi connectivity index (χ4n) is 2.04. The number of aryl methyl sites for hydroxylation is 1. The van der Waals surface area contributed by atoms with Crippen LogP contribution in [0.25, 0.3) is 11.0 Å². The predicted molar refractivity (Wildman–Crippen MR) is 67.5 cm³/mol. The van der Waals surface area contributed by atoms with E-state index in [0.29, 0.717) is 11.1 Å². The minimum Gasteiger partial charge on any atom is -0.504 e. The van der Waals surface area contributed by atoms with Gasteiger partial charge in [0, 0.05) is 10.9 Å². The first-order valence-electron chi connectivity index (χ1n) is 5.89. The average molecular weight is 232 g/mol. The Hall–Kier alpha value is -1.77. The van der Waals surface area contributed by atoms with E-state index in [1.54, 1.807) is 13.0 Å². The first-order chi connectivity index (χ1) is 8.15. The Bertz CT molecular complexity index is 596. The van der Waals surface area contributed by atoms with Gasteiger partial charge >= 0.3 is 5.63 Å². The van der Waals surface area contributed by atoms with Crippen LogP contribution in [-0.2, 0) is 6.42 Å². The van der Waals surface area contributed by atoms with Crippen molar-refractivity contribution < 1.29 is 9.52 Å². The molecule has 0 amide bonds. The maximum atomic E-state index is 11.7. The van der Waals surface area contributed by atoms with Crippen molar-refractivity contribution in [2.24, 2.45) is 0 Å². The van der Waals surface area contributed by atoms with Crippen molar-refractivity contribution in [3.63, 3.8) is 0 Å². The highest BCUT2D eigenvalue weighted by molar-refractivity contribution is 5.85. The van der Waals surface area contributed by atoms with E-state index in [4.69, 9.17) is 4.42 Å². The molecule has 3 heteroatoms. The summed E-state index contributed by atoms with van der Waals surface area (Å²) in [6.45, 7) is 3.89. The lowest BCUT2D eigenvalue weighted by Gasteiger charge is -2.08. The summed E-state index contributed by atoms with van der Waals surface area (Å²) in [5, 5.41) is 10.5. The second kappa shape index (κ2) is 4.62. The maximum Gasteiger partial charge on any atom is 0.339 e. The van der Waals surface area contributed by atoms with Gasteiger partial charge in [-0.05, 0) is 31.4 Å². The van der Waals surface area contributed by atoms with Crippen LogP contribution in [0.15, 0.2) is 27.4 Å². The average Bonchev–Trinajstić information content (AvgIpc) is 2.31. The Morgan fingerprint density at radius 3 is 2.82 bits per heavy atom. The lowest BCUT2D eigenvalue weighted by atomic mass is 10.00. The van der Waals surface area contributed by atoms with Gasteiger partial charge in [0.25, 0.3) is 0 Å². The number of hydrogen-bond acceptors (Lipinski definition) is 3. The van der Waals surface area contributed by atoms with Crippen LogP contribution in [-0.4, -0.2) is 5.11 Å². The van der Waals surface area contributed by atoms with Crippen molar-refractivity contribution in [3.8, 4) is 5.75 Å². The fraction of sp³-hybridized carbons (Fsp3) is 0.357. The number of benzene rings is 1. The molecule has 0 radical (unpaired) electrons. The molecule has 0 aliphatic rings. The topological polar surface area (TPSA) is 50.4 Å². The summed E-state index contributed by atoms with van der Waals surface area (Å²) in [5.74, 6) is 0.0253. The molecule has 0 atom stereocenters. The summed E-state index contributed by atoms with van der Waals surface area (Å²) < 4.78 is 5.14. The molecule has 0 saturated carbocycles. The van der Waals surface area contributed by atoms with Gasteiger partial charge in [-0.1, -0.05) is 25.5 Å². The van der Waals surface area contributed by atoms with Gasteiger partial charge in [-0.25, -0.2) is 4.79 Å². The standard InChI is InChI=1S/C14H16O3/c1-3-4-6-10-9(2)14(16)17-13-11(10)7-5-8-12(13)15/h5,7-8,15H,3-4,6H2,1-2H3. The van der Waals surface area contributed by atoms with Gasteiger partial charge in [-0.15, -0.1) is 0 Å². The second-order valence-electron chi connectivity index (χ2n) is 4.25. The van der Waals surface area contributed by atoms with Crippen LogP contribution in [0.1, 0.15) is 30.9 Å². The molecule has 0 aliphatic heterocycles. The van der Waals surface area contributed by atoms with Crippen LogP contribution in [0, 0.1) is 6.92 Å². The summed E-state index contributed by atoms with van der Waals surface area (Å²) in [4.78, 5) is 11.7. The quantitative estimate of drug-likeness (QED) is 0.827. The minimum absolute atomic E-state index is 0.0253. The van der Waals surface area contributed by atoms with Crippen LogP contribution in [0.2, 0.25) is 0 Å². The van der Waals surface area contributed by atoms with Gasteiger partial charge in [-0.2, -0.15) is 0 Å². The predicted octanol–water partition coefficient (Wildman–Crippen LogP) is 3.15. The van der Waals surface area contributed by atoms with Crippen molar-refractivity contribution in [2.45, 2.75) is 33.1 Å². The number of para-hydroxylation sites is 1. The highest BCUT2D eigenvalue weighted by Crippen LogP contribution is 2.27. The molecular weight excluding hydrogens is 216 g/mol. The maximum absolute atomic E-state index is 11.7. The van der Waals surface area contributed by atoms with Crippen LogP contribution < -0.4 is 5.63 Å². The van der Waals surface area contributed by atoms with Crippen LogP contribution >= 0.6 is 0 Å². The van der Waals surface area contributed by atoms with Crippen molar-refractivity contribution in [3.05, 3.63) is 39.7 Å². The van der Waals surface area contributed by atoms with E-state index in [1.807, 2.05) is 6.07 Å². The van der Waals surface area contributed by atoms with Gasteiger partial charge < -0.3 is 9.52 Å². The van der Waals surface area contributed by atoms with E-state index < -0.39 is 0 Å². The molecule has 0 spiro atoms. The third-order valence-electron chi connectivity index (χ3n) is 3.05. The zero-order valence-corrected chi connectivity index (χ0v) is 10.1. The lowest BCUT2D eigenvalue weighted by molar-refractivity contribution is 0.455. The smallest absolute Gasteiger partial charge is 0.339 e. The first kappa shape index (κ1) is 11.7. The number of aromatic hydroxyl groups is 1. The van der Waals surface area contributed by atoms with Crippen molar-refractivity contribution in [1.29, 1.82) is 0 Å². The summed E-state index contributed by atoms with van der Waals surface area (Å²) in [6, 6.07) is 5.19. The Morgan fingerprint density at radius 2 is 2.12 bits per heavy atom. The molecule has 1 aromatic heterocycles. The van der Waals surface area contributed by atoms with Gasteiger partial charge in [-0.3, -0.25) is 0 Å². The third kappa shape index (κ3) is 2.05. The SMILES string of the molecule is CCCCc1c(C)c(=O)oc2c(O)cccc12. The molecule has 90 valence electrons. The zero-order chi connectivity index (χ0) is 12.4. The Morgan fingerprint density at radius 1 is 1.35 bits per heavy atom. The highest BCUT2D eigenvalue weighted by atomic mass is 16.4. The molecule has 1 aromatic carbocycles. The van der Waals surface area contributed by atoms with Gasteiger partial charge in [0.15, 0.2) is 11.3 Å². The molecule has 2 rings (SSSR count). The Labute approximate surface area is 99.7 Å².